The summed E-state index contributed by atoms with van der Waals surface area (Å²) in [5.74, 6) is -2.27. The van der Waals surface area contributed by atoms with Crippen LogP contribution < -0.4 is 5.11 Å². The number of carbonyl (C=O) groups is 3. The van der Waals surface area contributed by atoms with Crippen LogP contribution in [0, 0.1) is 0 Å². The van der Waals surface area contributed by atoms with E-state index < -0.39 is 24.3 Å². The van der Waals surface area contributed by atoms with Crippen LogP contribution in [0.3, 0.4) is 0 Å². The molecule has 0 aliphatic rings. The number of hydrogen-bond donors (Lipinski definition) is 0. The Kier molecular flexibility index (Phi) is 56.9. The number of unbranched alkanes of at least 4 members (excludes halogenated alkanes) is 30. The first-order chi connectivity index (χ1) is 38.1. The topological polar surface area (TPSA) is 111 Å². The number of carboxylic acids is 1. The largest absolute Gasteiger partial charge is 0.545 e. The maximum Gasteiger partial charge on any atom is 0.306 e. The van der Waals surface area contributed by atoms with Crippen molar-refractivity contribution >= 4 is 17.9 Å². The number of carbonyl (C=O) groups excluding carboxylic acids is 3. The van der Waals surface area contributed by atoms with Gasteiger partial charge in [-0.15, -0.1) is 0 Å². The summed E-state index contributed by atoms with van der Waals surface area (Å²) in [6.07, 6.45) is 76.4. The Morgan fingerprint density at radius 1 is 0.397 bits per heavy atom. The number of aliphatic carboxylic acids is 1. The number of quaternary nitrogens is 1. The van der Waals surface area contributed by atoms with Crippen LogP contribution in [0.15, 0.2) is 85.1 Å². The van der Waals surface area contributed by atoms with E-state index in [-0.39, 0.29) is 32.2 Å². The zero-order valence-electron chi connectivity index (χ0n) is 51.3. The fraction of sp³-hybridized carbons (Fsp3) is 0.754. The molecule has 0 aromatic carbocycles. The molecule has 0 aliphatic carbocycles. The smallest absolute Gasteiger partial charge is 0.306 e. The van der Waals surface area contributed by atoms with Crippen molar-refractivity contribution in [3.05, 3.63) is 85.1 Å². The van der Waals surface area contributed by atoms with Gasteiger partial charge in [0.2, 0.25) is 0 Å². The highest BCUT2D eigenvalue weighted by Crippen LogP contribution is 2.17. The molecule has 450 valence electrons. The van der Waals surface area contributed by atoms with E-state index >= 15 is 0 Å². The Balaban J connectivity index is 4.13. The lowest BCUT2D eigenvalue weighted by molar-refractivity contribution is -0.870. The first-order valence-electron chi connectivity index (χ1n) is 32.2. The van der Waals surface area contributed by atoms with Gasteiger partial charge in [-0.3, -0.25) is 9.59 Å². The van der Waals surface area contributed by atoms with Gasteiger partial charge in [0.15, 0.2) is 12.4 Å². The summed E-state index contributed by atoms with van der Waals surface area (Å²) in [6, 6.07) is 0. The van der Waals surface area contributed by atoms with E-state index in [1.807, 2.05) is 21.1 Å². The normalized spacial score (nSPS) is 13.3. The number of carboxylic acid groups (broad SMARTS) is 1. The number of hydrogen-bond acceptors (Lipinski definition) is 8. The summed E-state index contributed by atoms with van der Waals surface area (Å²) in [5, 5.41) is 11.8. The summed E-state index contributed by atoms with van der Waals surface area (Å²) < 4.78 is 22.8. The zero-order valence-corrected chi connectivity index (χ0v) is 51.3. The summed E-state index contributed by atoms with van der Waals surface area (Å²) in [6.45, 7) is 4.66. The average Bonchev–Trinajstić information content (AvgIpc) is 3.41. The second kappa shape index (κ2) is 59.6. The number of likely N-dealkylation sites (N-methyl/N-ethyl adjacent to an activating group) is 1. The highest BCUT2D eigenvalue weighted by Gasteiger charge is 2.22. The molecule has 0 heterocycles. The lowest BCUT2D eigenvalue weighted by Gasteiger charge is -2.26. The van der Waals surface area contributed by atoms with Crippen molar-refractivity contribution in [2.45, 2.75) is 289 Å². The molecule has 0 amide bonds. The molecule has 0 N–H and O–H groups in total. The van der Waals surface area contributed by atoms with Crippen LogP contribution in [0.25, 0.3) is 0 Å². The second-order valence-corrected chi connectivity index (χ2v) is 22.7. The minimum Gasteiger partial charge on any atom is -0.545 e. The molecular formula is C69H121NO8. The number of esters is 2. The number of ether oxygens (including phenoxy) is 4. The molecule has 9 nitrogen and oxygen atoms in total. The molecule has 0 bridgehead atoms. The first kappa shape index (κ1) is 74.5. The first-order valence-corrected chi connectivity index (χ1v) is 32.2. The van der Waals surface area contributed by atoms with Gasteiger partial charge in [0.25, 0.3) is 0 Å². The van der Waals surface area contributed by atoms with Gasteiger partial charge in [-0.05, 0) is 70.6 Å². The Morgan fingerprint density at radius 3 is 1.09 bits per heavy atom. The van der Waals surface area contributed by atoms with Crippen molar-refractivity contribution < 1.29 is 42.9 Å². The monoisotopic (exact) mass is 1090 g/mol. The van der Waals surface area contributed by atoms with E-state index in [4.69, 9.17) is 18.9 Å². The Hall–Kier alpha value is -3.53. The third-order valence-corrected chi connectivity index (χ3v) is 13.9. The van der Waals surface area contributed by atoms with Gasteiger partial charge < -0.3 is 33.3 Å². The molecule has 0 saturated carbocycles. The average molecular weight is 1090 g/mol. The molecule has 0 rings (SSSR count). The molecule has 78 heavy (non-hydrogen) atoms. The van der Waals surface area contributed by atoms with E-state index in [1.54, 1.807) is 0 Å². The standard InChI is InChI=1S/C69H121NO8/c1-6-8-10-12-14-16-18-20-22-24-26-27-28-29-30-31-32-33-34-35-36-37-38-39-40-41-42-44-46-48-50-52-54-56-58-60-67(72)78-65(64-77-69(68(73)74)75-62-61-70(3,4)5)63-76-66(71)59-57-55-53-51-49-47-45-43-25-23-21-19-17-15-13-11-9-7-2/h8,10,14,16,20,22,26-27,29-30,32-33,35-36,65,69H,6-7,9,11-13,15,17-19,21,23-25,28,31,34,37-64H2,1-5H3/b10-8-,16-14-,22-20-,27-26-,30-29-,33-32-,36-35-. The number of rotatable bonds is 59. The fourth-order valence-corrected chi connectivity index (χ4v) is 8.99. The van der Waals surface area contributed by atoms with Crippen LogP contribution >= 0.6 is 0 Å². The molecule has 0 saturated heterocycles. The SMILES string of the molecule is CC/C=C\C/C=C\C/C=C\C/C=C\C/C=C\C/C=C\C/C=C\CCCCCCCCCCCCCCCC(=O)OC(COC(=O)CCCCCCCCCCCCCCCCCCCC)COC(OCC[N+](C)(C)C)C(=O)[O-]. The second-order valence-electron chi connectivity index (χ2n) is 22.7. The molecule has 0 aromatic heterocycles. The summed E-state index contributed by atoms with van der Waals surface area (Å²) in [4.78, 5) is 37.4. The third-order valence-electron chi connectivity index (χ3n) is 13.9. The van der Waals surface area contributed by atoms with Crippen LogP contribution in [0.1, 0.15) is 277 Å². The van der Waals surface area contributed by atoms with Gasteiger partial charge in [0.1, 0.15) is 13.2 Å². The summed E-state index contributed by atoms with van der Waals surface area (Å²) >= 11 is 0. The molecule has 0 aliphatic heterocycles. The molecular weight excluding hydrogens is 971 g/mol. The van der Waals surface area contributed by atoms with Crippen LogP contribution in [0.2, 0.25) is 0 Å². The highest BCUT2D eigenvalue weighted by molar-refractivity contribution is 5.70. The van der Waals surface area contributed by atoms with Crippen LogP contribution in [0.4, 0.5) is 0 Å². The maximum atomic E-state index is 12.9. The fourth-order valence-electron chi connectivity index (χ4n) is 8.99. The minimum absolute atomic E-state index is 0.147. The predicted octanol–water partition coefficient (Wildman–Crippen LogP) is 18.2. The molecule has 0 aromatic rings. The summed E-state index contributed by atoms with van der Waals surface area (Å²) in [5.41, 5.74) is 0. The van der Waals surface area contributed by atoms with Crippen molar-refractivity contribution in [3.8, 4) is 0 Å². The van der Waals surface area contributed by atoms with Crippen LogP contribution in [-0.2, 0) is 33.3 Å². The Morgan fingerprint density at radius 2 is 0.731 bits per heavy atom. The third kappa shape index (κ3) is 60.1. The highest BCUT2D eigenvalue weighted by atomic mass is 16.7. The quantitative estimate of drug-likeness (QED) is 0.0195. The molecule has 2 atom stereocenters. The van der Waals surface area contributed by atoms with Crippen LogP contribution in [-0.4, -0.2) is 82.3 Å². The molecule has 0 fully saturated rings. The number of allylic oxidation sites excluding steroid dienone is 14. The lowest BCUT2D eigenvalue weighted by Crippen LogP contribution is -2.44. The van der Waals surface area contributed by atoms with Crippen molar-refractivity contribution in [3.63, 3.8) is 0 Å². The molecule has 2 unspecified atom stereocenters. The summed E-state index contributed by atoms with van der Waals surface area (Å²) in [7, 11) is 5.93. The van der Waals surface area contributed by atoms with E-state index in [0.717, 1.165) is 83.5 Å². The van der Waals surface area contributed by atoms with Crippen molar-refractivity contribution in [2.75, 3.05) is 47.5 Å². The van der Waals surface area contributed by atoms with Gasteiger partial charge in [0.05, 0.1) is 40.3 Å². The van der Waals surface area contributed by atoms with Crippen molar-refractivity contribution in [2.24, 2.45) is 0 Å². The van der Waals surface area contributed by atoms with Crippen molar-refractivity contribution in [1.29, 1.82) is 0 Å². The van der Waals surface area contributed by atoms with E-state index in [2.05, 4.69) is 98.9 Å². The van der Waals surface area contributed by atoms with Gasteiger partial charge in [-0.1, -0.05) is 279 Å². The number of nitrogens with zero attached hydrogens (tertiary/aromatic N) is 1. The minimum atomic E-state index is -1.62. The van der Waals surface area contributed by atoms with Gasteiger partial charge in [-0.2, -0.15) is 0 Å². The lowest BCUT2D eigenvalue weighted by atomic mass is 10.0. The van der Waals surface area contributed by atoms with E-state index in [1.165, 1.54) is 161 Å². The van der Waals surface area contributed by atoms with E-state index in [9.17, 15) is 19.5 Å². The zero-order chi connectivity index (χ0) is 56.9. The van der Waals surface area contributed by atoms with Crippen molar-refractivity contribution in [1.82, 2.24) is 0 Å². The van der Waals surface area contributed by atoms with Gasteiger partial charge >= 0.3 is 11.9 Å². The predicted molar refractivity (Wildman–Crippen MR) is 329 cm³/mol. The molecule has 0 radical (unpaired) electrons. The molecule has 0 spiro atoms. The Bertz CT molecular complexity index is 1550. The maximum absolute atomic E-state index is 12.9. The van der Waals surface area contributed by atoms with Crippen LogP contribution in [0.5, 0.6) is 0 Å². The molecule has 9 heteroatoms. The Labute approximate surface area is 480 Å². The van der Waals surface area contributed by atoms with Gasteiger partial charge in [0, 0.05) is 12.8 Å². The van der Waals surface area contributed by atoms with E-state index in [0.29, 0.717) is 23.9 Å². The van der Waals surface area contributed by atoms with Gasteiger partial charge in [-0.25, -0.2) is 0 Å².